The van der Waals surface area contributed by atoms with E-state index in [2.05, 4.69) is 20.4 Å². The highest BCUT2D eigenvalue weighted by Crippen LogP contribution is 2.17. The lowest BCUT2D eigenvalue weighted by Crippen LogP contribution is -1.87. The summed E-state index contributed by atoms with van der Waals surface area (Å²) in [6.45, 7) is 0. The van der Waals surface area contributed by atoms with E-state index in [1.165, 1.54) is 0 Å². The van der Waals surface area contributed by atoms with E-state index in [0.29, 0.717) is 29.0 Å². The third-order valence-corrected chi connectivity index (χ3v) is 2.72. The van der Waals surface area contributed by atoms with Crippen molar-refractivity contribution in [3.05, 3.63) is 59.1 Å². The van der Waals surface area contributed by atoms with Gasteiger partial charge in [-0.05, 0) is 17.7 Å². The molecule has 19 heavy (non-hydrogen) atoms. The Bertz CT molecular complexity index is 667. The topological polar surface area (TPSA) is 64.7 Å². The summed E-state index contributed by atoms with van der Waals surface area (Å²) in [6, 6.07) is 13.2. The number of halogens is 1. The molecule has 0 spiro atoms. The van der Waals surface area contributed by atoms with Gasteiger partial charge in [0.25, 0.3) is 5.89 Å². The van der Waals surface area contributed by atoms with Gasteiger partial charge in [0.1, 0.15) is 5.69 Å². The first-order valence-corrected chi connectivity index (χ1v) is 6.05. The monoisotopic (exact) mass is 272 g/mol. The van der Waals surface area contributed by atoms with E-state index >= 15 is 0 Å². The summed E-state index contributed by atoms with van der Waals surface area (Å²) in [4.78, 5) is 0. The number of aromatic nitrogens is 4. The first-order chi connectivity index (χ1) is 9.31. The quantitative estimate of drug-likeness (QED) is 0.733. The first kappa shape index (κ1) is 11.8. The van der Waals surface area contributed by atoms with E-state index < -0.39 is 0 Å². The number of hydrogen-bond acceptors (Lipinski definition) is 5. The lowest BCUT2D eigenvalue weighted by molar-refractivity contribution is 0.515. The summed E-state index contributed by atoms with van der Waals surface area (Å²) >= 11 is 5.67. The molecule has 0 aliphatic heterocycles. The number of rotatable bonds is 3. The average molecular weight is 273 g/mol. The molecule has 0 saturated heterocycles. The largest absolute Gasteiger partial charge is 0.419 e. The smallest absolute Gasteiger partial charge is 0.268 e. The molecule has 3 rings (SSSR count). The zero-order valence-electron chi connectivity index (χ0n) is 9.82. The second kappa shape index (κ2) is 5.16. The Kier molecular flexibility index (Phi) is 3.20. The Morgan fingerprint density at radius 2 is 1.74 bits per heavy atom. The van der Waals surface area contributed by atoms with Crippen LogP contribution in [0.25, 0.3) is 11.6 Å². The van der Waals surface area contributed by atoms with Crippen LogP contribution in [0.2, 0.25) is 5.15 Å². The molecule has 0 N–H and O–H groups in total. The maximum absolute atomic E-state index is 5.67. The van der Waals surface area contributed by atoms with E-state index in [4.69, 9.17) is 16.0 Å². The Morgan fingerprint density at radius 3 is 2.47 bits per heavy atom. The van der Waals surface area contributed by atoms with Gasteiger partial charge in [-0.25, -0.2) is 0 Å². The van der Waals surface area contributed by atoms with Gasteiger partial charge in [-0.15, -0.1) is 20.4 Å². The molecule has 3 aromatic rings. The van der Waals surface area contributed by atoms with Crippen molar-refractivity contribution in [2.45, 2.75) is 6.42 Å². The minimum atomic E-state index is 0.327. The number of nitrogens with zero attached hydrogens (tertiary/aromatic N) is 4. The Hall–Kier alpha value is -2.27. The van der Waals surface area contributed by atoms with Crippen molar-refractivity contribution < 1.29 is 4.42 Å². The molecular weight excluding hydrogens is 264 g/mol. The van der Waals surface area contributed by atoms with Gasteiger partial charge in [0, 0.05) is 0 Å². The zero-order valence-corrected chi connectivity index (χ0v) is 10.6. The predicted octanol–water partition coefficient (Wildman–Crippen LogP) is 2.77. The fraction of sp³-hybridized carbons (Fsp3) is 0.0769. The van der Waals surface area contributed by atoms with Crippen molar-refractivity contribution in [3.63, 3.8) is 0 Å². The third kappa shape index (κ3) is 2.77. The molecule has 2 aromatic heterocycles. The van der Waals surface area contributed by atoms with Gasteiger partial charge >= 0.3 is 0 Å². The first-order valence-electron chi connectivity index (χ1n) is 5.67. The minimum Gasteiger partial charge on any atom is -0.419 e. The summed E-state index contributed by atoms with van der Waals surface area (Å²) in [7, 11) is 0. The van der Waals surface area contributed by atoms with E-state index in [0.717, 1.165) is 5.56 Å². The van der Waals surface area contributed by atoms with Crippen LogP contribution >= 0.6 is 11.6 Å². The van der Waals surface area contributed by atoms with Crippen LogP contribution in [-0.4, -0.2) is 20.4 Å². The molecule has 5 nitrogen and oxygen atoms in total. The molecule has 0 aliphatic carbocycles. The second-order valence-electron chi connectivity index (χ2n) is 3.90. The van der Waals surface area contributed by atoms with Crippen LogP contribution in [0.5, 0.6) is 0 Å². The highest BCUT2D eigenvalue weighted by Gasteiger charge is 2.10. The van der Waals surface area contributed by atoms with Crippen molar-refractivity contribution in [2.24, 2.45) is 0 Å². The zero-order chi connectivity index (χ0) is 13.1. The Labute approximate surface area is 114 Å². The molecular formula is C13H9ClN4O. The summed E-state index contributed by atoms with van der Waals surface area (Å²) in [5, 5.41) is 15.9. The van der Waals surface area contributed by atoms with Gasteiger partial charge in [0.05, 0.1) is 6.42 Å². The van der Waals surface area contributed by atoms with E-state index in [-0.39, 0.29) is 0 Å². The fourth-order valence-corrected chi connectivity index (χ4v) is 1.73. The van der Waals surface area contributed by atoms with Crippen molar-refractivity contribution in [1.82, 2.24) is 20.4 Å². The molecule has 0 radical (unpaired) electrons. The van der Waals surface area contributed by atoms with E-state index in [9.17, 15) is 0 Å². The van der Waals surface area contributed by atoms with Gasteiger partial charge in [0.15, 0.2) is 5.15 Å². The molecule has 0 fully saturated rings. The molecule has 0 bridgehead atoms. The summed E-state index contributed by atoms with van der Waals surface area (Å²) < 4.78 is 5.55. The van der Waals surface area contributed by atoms with Crippen LogP contribution in [0.4, 0.5) is 0 Å². The van der Waals surface area contributed by atoms with Crippen LogP contribution in [-0.2, 0) is 6.42 Å². The predicted molar refractivity (Wildman–Crippen MR) is 69.6 cm³/mol. The Morgan fingerprint density at radius 1 is 0.895 bits per heavy atom. The molecule has 1 aromatic carbocycles. The lowest BCUT2D eigenvalue weighted by atomic mass is 10.2. The SMILES string of the molecule is Clc1ccc(-c2nnc(Cc3ccccc3)o2)nn1. The lowest BCUT2D eigenvalue weighted by Gasteiger charge is -1.95. The molecule has 0 atom stereocenters. The molecule has 2 heterocycles. The maximum atomic E-state index is 5.67. The maximum Gasteiger partial charge on any atom is 0.268 e. The summed E-state index contributed by atoms with van der Waals surface area (Å²) in [6.07, 6.45) is 0.592. The standard InChI is InChI=1S/C13H9ClN4O/c14-11-7-6-10(15-16-11)13-18-17-12(19-13)8-9-4-2-1-3-5-9/h1-7H,8H2. The Balaban J connectivity index is 1.82. The molecule has 94 valence electrons. The summed E-state index contributed by atoms with van der Waals surface area (Å²) in [5.41, 5.74) is 1.62. The van der Waals surface area contributed by atoms with Gasteiger partial charge in [-0.3, -0.25) is 0 Å². The molecule has 6 heteroatoms. The molecule has 0 aliphatic rings. The molecule has 0 amide bonds. The van der Waals surface area contributed by atoms with Crippen molar-refractivity contribution >= 4 is 11.6 Å². The molecule has 0 unspecified atom stereocenters. The minimum absolute atomic E-state index is 0.327. The van der Waals surface area contributed by atoms with Crippen LogP contribution in [0, 0.1) is 0 Å². The van der Waals surface area contributed by atoms with Crippen molar-refractivity contribution in [2.75, 3.05) is 0 Å². The van der Waals surface area contributed by atoms with Crippen LogP contribution in [0.15, 0.2) is 46.9 Å². The van der Waals surface area contributed by atoms with Gasteiger partial charge in [0.2, 0.25) is 5.89 Å². The van der Waals surface area contributed by atoms with Gasteiger partial charge in [-0.2, -0.15) is 0 Å². The summed E-state index contributed by atoms with van der Waals surface area (Å²) in [5.74, 6) is 0.882. The van der Waals surface area contributed by atoms with Gasteiger partial charge in [-0.1, -0.05) is 41.9 Å². The third-order valence-electron chi connectivity index (χ3n) is 2.52. The second-order valence-corrected chi connectivity index (χ2v) is 4.29. The fourth-order valence-electron chi connectivity index (χ4n) is 1.63. The van der Waals surface area contributed by atoms with Crippen LogP contribution < -0.4 is 0 Å². The molecule has 0 saturated carbocycles. The number of hydrogen-bond donors (Lipinski definition) is 0. The van der Waals surface area contributed by atoms with Crippen molar-refractivity contribution in [3.8, 4) is 11.6 Å². The van der Waals surface area contributed by atoms with Crippen molar-refractivity contribution in [1.29, 1.82) is 0 Å². The van der Waals surface area contributed by atoms with Gasteiger partial charge < -0.3 is 4.42 Å². The van der Waals surface area contributed by atoms with E-state index in [1.54, 1.807) is 12.1 Å². The van der Waals surface area contributed by atoms with Crippen LogP contribution in [0.3, 0.4) is 0 Å². The highest BCUT2D eigenvalue weighted by molar-refractivity contribution is 6.29. The van der Waals surface area contributed by atoms with E-state index in [1.807, 2.05) is 30.3 Å². The average Bonchev–Trinajstić information content (AvgIpc) is 2.89. The number of benzene rings is 1. The van der Waals surface area contributed by atoms with Crippen LogP contribution in [0.1, 0.15) is 11.5 Å². The highest BCUT2D eigenvalue weighted by atomic mass is 35.5. The normalized spacial score (nSPS) is 10.6.